The molecule has 8 rings (SSSR count). The van der Waals surface area contributed by atoms with E-state index in [1.54, 1.807) is 24.3 Å². The number of amides is 2. The van der Waals surface area contributed by atoms with Gasteiger partial charge in [-0.2, -0.15) is 26.3 Å². The first kappa shape index (κ1) is 33.4. The van der Waals surface area contributed by atoms with Crippen molar-refractivity contribution in [2.45, 2.75) is 49.6 Å². The third kappa shape index (κ3) is 5.92. The number of carbonyl (C=O) groups excluding carboxylic acids is 2. The SMILES string of the molecule is N[C@@H]1CCN2c3c(cccc31)C(=O)N[C@H]2c1ccc(C(F)(F)F)cc1.N[C@H]1CCN2c3c(cccc31)C(=O)N[C@@H]2c1ccc(C(F)(F)F)cc1. The molecule has 4 heterocycles. The van der Waals surface area contributed by atoms with Crippen molar-refractivity contribution in [3.63, 3.8) is 0 Å². The van der Waals surface area contributed by atoms with Crippen LogP contribution in [0.25, 0.3) is 0 Å². The lowest BCUT2D eigenvalue weighted by molar-refractivity contribution is -0.138. The molecule has 0 saturated heterocycles. The first-order valence-electron chi connectivity index (χ1n) is 16.0. The van der Waals surface area contributed by atoms with E-state index in [4.69, 9.17) is 11.5 Å². The Hall–Kier alpha value is -5.08. The monoisotopic (exact) mass is 694 g/mol. The highest BCUT2D eigenvalue weighted by molar-refractivity contribution is 6.04. The molecule has 4 aromatic rings. The zero-order valence-corrected chi connectivity index (χ0v) is 26.4. The maximum Gasteiger partial charge on any atom is 0.416 e. The molecular weight excluding hydrogens is 662 g/mol. The maximum absolute atomic E-state index is 12.8. The summed E-state index contributed by atoms with van der Waals surface area (Å²) >= 11 is 0. The summed E-state index contributed by atoms with van der Waals surface area (Å²) in [7, 11) is 0. The minimum atomic E-state index is -4.38. The smallest absolute Gasteiger partial charge is 0.346 e. The first-order valence-corrected chi connectivity index (χ1v) is 16.0. The summed E-state index contributed by atoms with van der Waals surface area (Å²) in [5.41, 5.74) is 16.6. The van der Waals surface area contributed by atoms with Crippen LogP contribution in [0.4, 0.5) is 37.7 Å². The van der Waals surface area contributed by atoms with Crippen molar-refractivity contribution in [1.29, 1.82) is 0 Å². The summed E-state index contributed by atoms with van der Waals surface area (Å²) < 4.78 is 76.6. The van der Waals surface area contributed by atoms with Crippen LogP contribution in [0.2, 0.25) is 0 Å². The Balaban J connectivity index is 0.000000157. The van der Waals surface area contributed by atoms with E-state index < -0.39 is 35.8 Å². The lowest BCUT2D eigenvalue weighted by Gasteiger charge is -2.44. The van der Waals surface area contributed by atoms with Gasteiger partial charge in [0, 0.05) is 25.2 Å². The fraction of sp³-hybridized carbons (Fsp3) is 0.278. The Morgan fingerprint density at radius 3 is 1.26 bits per heavy atom. The number of nitrogens with zero attached hydrogens (tertiary/aromatic N) is 2. The Morgan fingerprint density at radius 1 is 0.560 bits per heavy atom. The lowest BCUT2D eigenvalue weighted by atomic mass is 9.90. The van der Waals surface area contributed by atoms with Crippen molar-refractivity contribution in [2.75, 3.05) is 22.9 Å². The molecule has 6 N–H and O–H groups in total. The van der Waals surface area contributed by atoms with E-state index >= 15 is 0 Å². The van der Waals surface area contributed by atoms with Crippen LogP contribution < -0.4 is 31.9 Å². The molecule has 8 nitrogen and oxygen atoms in total. The molecule has 2 amide bonds. The summed E-state index contributed by atoms with van der Waals surface area (Å²) in [6, 6.07) is 20.4. The van der Waals surface area contributed by atoms with Gasteiger partial charge in [0.2, 0.25) is 0 Å². The Labute approximate surface area is 283 Å². The van der Waals surface area contributed by atoms with Gasteiger partial charge in [-0.15, -0.1) is 0 Å². The standard InChI is InChI=1S/2C18H16F3N3O/c2*19-18(20,21)11-6-4-10(5-7-11)16-23-17(25)13-3-1-2-12-14(22)8-9-24(16)15(12)13/h2*1-7,14,16H,8-9,22H2,(H,23,25)/t2*14-,16-/m10/s1. The lowest BCUT2D eigenvalue weighted by Crippen LogP contribution is -2.49. The largest absolute Gasteiger partial charge is 0.416 e. The topological polar surface area (TPSA) is 117 Å². The normalized spacial score (nSPS) is 22.4. The third-order valence-electron chi connectivity index (χ3n) is 9.63. The molecule has 4 atom stereocenters. The first-order chi connectivity index (χ1) is 23.7. The van der Waals surface area contributed by atoms with E-state index in [0.29, 0.717) is 48.2 Å². The molecule has 50 heavy (non-hydrogen) atoms. The Morgan fingerprint density at radius 2 is 0.920 bits per heavy atom. The molecule has 0 fully saturated rings. The Kier molecular flexibility index (Phi) is 8.26. The van der Waals surface area contributed by atoms with E-state index in [9.17, 15) is 35.9 Å². The predicted molar refractivity (Wildman–Crippen MR) is 174 cm³/mol. The van der Waals surface area contributed by atoms with Gasteiger partial charge in [0.1, 0.15) is 12.3 Å². The van der Waals surface area contributed by atoms with Crippen molar-refractivity contribution in [3.05, 3.63) is 129 Å². The molecule has 0 bridgehead atoms. The van der Waals surface area contributed by atoms with Crippen molar-refractivity contribution < 1.29 is 35.9 Å². The van der Waals surface area contributed by atoms with Gasteiger partial charge in [-0.05, 0) is 71.5 Å². The molecule has 4 aliphatic rings. The number of hydrogen-bond acceptors (Lipinski definition) is 6. The summed E-state index contributed by atoms with van der Waals surface area (Å²) in [5.74, 6) is -0.487. The number of hydrogen-bond donors (Lipinski definition) is 4. The number of rotatable bonds is 2. The highest BCUT2D eigenvalue weighted by Crippen LogP contribution is 2.44. The Bertz CT molecular complexity index is 1810. The van der Waals surface area contributed by atoms with E-state index in [0.717, 1.165) is 46.8 Å². The molecule has 0 spiro atoms. The minimum Gasteiger partial charge on any atom is -0.346 e. The van der Waals surface area contributed by atoms with Gasteiger partial charge in [0.15, 0.2) is 0 Å². The molecule has 0 unspecified atom stereocenters. The fourth-order valence-corrected chi connectivity index (χ4v) is 7.13. The molecule has 0 aliphatic carbocycles. The number of benzene rings is 4. The summed E-state index contributed by atoms with van der Waals surface area (Å²) in [6.07, 6.45) is -8.35. The van der Waals surface area contributed by atoms with Crippen molar-refractivity contribution in [2.24, 2.45) is 11.5 Å². The van der Waals surface area contributed by atoms with Crippen LogP contribution in [0.1, 0.15) is 91.4 Å². The van der Waals surface area contributed by atoms with E-state index in [1.165, 1.54) is 24.3 Å². The van der Waals surface area contributed by atoms with Crippen LogP contribution in [0, 0.1) is 0 Å². The van der Waals surface area contributed by atoms with Gasteiger partial charge in [0.25, 0.3) is 11.8 Å². The number of carbonyl (C=O) groups is 2. The molecule has 0 radical (unpaired) electrons. The number of para-hydroxylation sites is 2. The number of anilines is 2. The maximum atomic E-state index is 12.8. The summed E-state index contributed by atoms with van der Waals surface area (Å²) in [5, 5.41) is 5.78. The second kappa shape index (κ2) is 12.4. The number of halogens is 6. The minimum absolute atomic E-state index is 0.148. The average molecular weight is 695 g/mol. The molecule has 0 aromatic heterocycles. The number of alkyl halides is 6. The van der Waals surface area contributed by atoms with E-state index in [2.05, 4.69) is 10.6 Å². The van der Waals surface area contributed by atoms with Crippen molar-refractivity contribution in [1.82, 2.24) is 10.6 Å². The number of nitrogens with two attached hydrogens (primary N) is 2. The molecule has 4 aromatic carbocycles. The zero-order chi connectivity index (χ0) is 35.5. The van der Waals surface area contributed by atoms with Gasteiger partial charge in [-0.3, -0.25) is 9.59 Å². The zero-order valence-electron chi connectivity index (χ0n) is 26.4. The molecule has 0 saturated carbocycles. The molecule has 260 valence electrons. The van der Waals surface area contributed by atoms with Gasteiger partial charge < -0.3 is 31.9 Å². The second-order valence-corrected chi connectivity index (χ2v) is 12.7. The number of nitrogens with one attached hydrogen (secondary N) is 2. The predicted octanol–water partition coefficient (Wildman–Crippen LogP) is 6.72. The third-order valence-corrected chi connectivity index (χ3v) is 9.63. The van der Waals surface area contributed by atoms with Crippen LogP contribution in [-0.2, 0) is 12.4 Å². The van der Waals surface area contributed by atoms with Crippen LogP contribution in [0.5, 0.6) is 0 Å². The van der Waals surface area contributed by atoms with Gasteiger partial charge >= 0.3 is 12.4 Å². The van der Waals surface area contributed by atoms with E-state index in [1.807, 2.05) is 21.9 Å². The highest BCUT2D eigenvalue weighted by atomic mass is 19.4. The van der Waals surface area contributed by atoms with Gasteiger partial charge in [-0.1, -0.05) is 48.5 Å². The summed E-state index contributed by atoms with van der Waals surface area (Å²) in [4.78, 5) is 29.0. The molecule has 4 aliphatic heterocycles. The fourth-order valence-electron chi connectivity index (χ4n) is 7.13. The van der Waals surface area contributed by atoms with Crippen LogP contribution in [0.15, 0.2) is 84.9 Å². The van der Waals surface area contributed by atoms with E-state index in [-0.39, 0.29) is 23.9 Å². The van der Waals surface area contributed by atoms with Crippen molar-refractivity contribution >= 4 is 23.2 Å². The van der Waals surface area contributed by atoms with Gasteiger partial charge in [-0.25, -0.2) is 0 Å². The second-order valence-electron chi connectivity index (χ2n) is 12.7. The van der Waals surface area contributed by atoms with Gasteiger partial charge in [0.05, 0.1) is 33.6 Å². The molecule has 14 heteroatoms. The van der Waals surface area contributed by atoms with Crippen LogP contribution in [0.3, 0.4) is 0 Å². The summed E-state index contributed by atoms with van der Waals surface area (Å²) in [6.45, 7) is 1.24. The van der Waals surface area contributed by atoms with Crippen LogP contribution >= 0.6 is 0 Å². The highest BCUT2D eigenvalue weighted by Gasteiger charge is 2.39. The van der Waals surface area contributed by atoms with Crippen molar-refractivity contribution in [3.8, 4) is 0 Å². The average Bonchev–Trinajstić information content (AvgIpc) is 3.09. The quantitative estimate of drug-likeness (QED) is 0.173. The molecular formula is C36H32F6N6O2. The van der Waals surface area contributed by atoms with Crippen LogP contribution in [-0.4, -0.2) is 24.9 Å².